The molecule has 4 aromatic rings. The van der Waals surface area contributed by atoms with Gasteiger partial charge in [-0.1, -0.05) is 46.7 Å². The van der Waals surface area contributed by atoms with Crippen LogP contribution in [0.15, 0.2) is 87.9 Å². The van der Waals surface area contributed by atoms with Crippen molar-refractivity contribution in [1.29, 1.82) is 0 Å². The molecule has 0 amide bonds. The van der Waals surface area contributed by atoms with Crippen LogP contribution in [-0.4, -0.2) is 24.7 Å². The molecular weight excluding hydrogens is 430 g/mol. The van der Waals surface area contributed by atoms with Gasteiger partial charge in [0.25, 0.3) is 0 Å². The number of hydrogen-bond acceptors (Lipinski definition) is 6. The predicted molar refractivity (Wildman–Crippen MR) is 121 cm³/mol. The molecule has 0 bridgehead atoms. The third-order valence-electron chi connectivity index (χ3n) is 5.07. The minimum atomic E-state index is 0.108. The summed E-state index contributed by atoms with van der Waals surface area (Å²) in [5.41, 5.74) is 2.98. The molecule has 0 saturated carbocycles. The Hall–Kier alpha value is -3.16. The number of rotatable bonds is 5. The summed E-state index contributed by atoms with van der Waals surface area (Å²) in [6.07, 6.45) is 12.1. The highest BCUT2D eigenvalue weighted by molar-refractivity contribution is 7.99. The average molecular weight is 448 g/mol. The van der Waals surface area contributed by atoms with Gasteiger partial charge in [-0.3, -0.25) is 4.98 Å². The highest BCUT2D eigenvalue weighted by atomic mass is 35.5. The van der Waals surface area contributed by atoms with E-state index in [4.69, 9.17) is 21.1 Å². The zero-order chi connectivity index (χ0) is 21.2. The Bertz CT molecular complexity index is 1250. The number of benzene rings is 1. The maximum Gasteiger partial charge on any atom is 0.213 e. The van der Waals surface area contributed by atoms with Crippen LogP contribution in [0.1, 0.15) is 23.9 Å². The van der Waals surface area contributed by atoms with Gasteiger partial charge in [-0.25, -0.2) is 4.98 Å². The van der Waals surface area contributed by atoms with Gasteiger partial charge in [-0.2, -0.15) is 4.98 Å². The van der Waals surface area contributed by atoms with Crippen LogP contribution in [0.5, 0.6) is 0 Å². The van der Waals surface area contributed by atoms with Crippen molar-refractivity contribution in [1.82, 2.24) is 24.7 Å². The Morgan fingerprint density at radius 3 is 2.74 bits per heavy atom. The number of pyridine rings is 1. The molecule has 3 aromatic heterocycles. The van der Waals surface area contributed by atoms with Gasteiger partial charge in [-0.15, -0.1) is 0 Å². The van der Waals surface area contributed by atoms with Crippen molar-refractivity contribution < 1.29 is 4.52 Å². The third-order valence-corrected chi connectivity index (χ3v) is 6.49. The molecule has 8 heteroatoms. The molecule has 1 atom stereocenters. The van der Waals surface area contributed by atoms with Crippen molar-refractivity contribution in [2.45, 2.75) is 22.3 Å². The van der Waals surface area contributed by atoms with Crippen molar-refractivity contribution in [2.24, 2.45) is 7.05 Å². The van der Waals surface area contributed by atoms with Crippen molar-refractivity contribution in [3.05, 3.63) is 90.0 Å². The minimum absolute atomic E-state index is 0.108. The second kappa shape index (κ2) is 8.53. The van der Waals surface area contributed by atoms with Crippen LogP contribution in [-0.2, 0) is 7.05 Å². The van der Waals surface area contributed by atoms with Gasteiger partial charge in [0.1, 0.15) is 16.5 Å². The Labute approximate surface area is 188 Å². The Morgan fingerprint density at radius 1 is 1.19 bits per heavy atom. The molecule has 1 aliphatic carbocycles. The van der Waals surface area contributed by atoms with Gasteiger partial charge in [0.15, 0.2) is 5.82 Å². The molecule has 154 valence electrons. The number of hydrogen-bond donors (Lipinski definition) is 0. The van der Waals surface area contributed by atoms with E-state index in [9.17, 15) is 0 Å². The van der Waals surface area contributed by atoms with Crippen molar-refractivity contribution in [3.8, 4) is 11.4 Å². The Morgan fingerprint density at radius 2 is 2.06 bits per heavy atom. The molecule has 1 aromatic carbocycles. The lowest BCUT2D eigenvalue weighted by Gasteiger charge is -2.13. The summed E-state index contributed by atoms with van der Waals surface area (Å²) in [5.74, 6) is 1.67. The first kappa shape index (κ1) is 19.8. The SMILES string of the molecule is Cn1c(-c2cccnc2)nc(C2=CCC(c3ncon3)C=C2)c1Sc1ccc(Cl)cc1. The molecular formula is C23H18ClN5OS. The number of imidazole rings is 1. The first-order valence-corrected chi connectivity index (χ1v) is 10.9. The first-order valence-electron chi connectivity index (χ1n) is 9.74. The van der Waals surface area contributed by atoms with Gasteiger partial charge >= 0.3 is 0 Å². The zero-order valence-corrected chi connectivity index (χ0v) is 18.2. The second-order valence-corrected chi connectivity index (χ2v) is 8.59. The lowest BCUT2D eigenvalue weighted by molar-refractivity contribution is 0.407. The summed E-state index contributed by atoms with van der Waals surface area (Å²) < 4.78 is 7.01. The van der Waals surface area contributed by atoms with Crippen LogP contribution in [0.25, 0.3) is 17.0 Å². The van der Waals surface area contributed by atoms with Gasteiger partial charge in [-0.05, 0) is 48.4 Å². The standard InChI is InChI=1S/C23H18ClN5OS/c1-29-22(17-3-2-12-25-13-17)27-20(23(29)31-19-10-8-18(24)9-11-19)15-4-6-16(7-5-15)21-26-14-30-28-21/h2-6,8-14,16H,7H2,1H3. The number of halogens is 1. The van der Waals surface area contributed by atoms with E-state index in [1.54, 1.807) is 18.0 Å². The van der Waals surface area contributed by atoms with E-state index >= 15 is 0 Å². The van der Waals surface area contributed by atoms with E-state index in [2.05, 4.69) is 37.9 Å². The minimum Gasteiger partial charge on any atom is -0.343 e. The van der Waals surface area contributed by atoms with Gasteiger partial charge in [0, 0.05) is 40.8 Å². The van der Waals surface area contributed by atoms with Crippen LogP contribution in [0.2, 0.25) is 5.02 Å². The quantitative estimate of drug-likeness (QED) is 0.385. The van der Waals surface area contributed by atoms with Crippen LogP contribution >= 0.6 is 23.4 Å². The number of allylic oxidation sites excluding steroid dienone is 4. The monoisotopic (exact) mass is 447 g/mol. The van der Waals surface area contributed by atoms with E-state index < -0.39 is 0 Å². The Balaban J connectivity index is 1.54. The maximum absolute atomic E-state index is 6.07. The summed E-state index contributed by atoms with van der Waals surface area (Å²) in [6, 6.07) is 11.8. The molecule has 0 N–H and O–H groups in total. The highest BCUT2D eigenvalue weighted by Crippen LogP contribution is 2.39. The van der Waals surface area contributed by atoms with Crippen molar-refractivity contribution in [3.63, 3.8) is 0 Å². The highest BCUT2D eigenvalue weighted by Gasteiger charge is 2.22. The van der Waals surface area contributed by atoms with Crippen LogP contribution in [0.3, 0.4) is 0 Å². The molecule has 0 spiro atoms. The summed E-state index contributed by atoms with van der Waals surface area (Å²) in [7, 11) is 2.03. The lowest BCUT2D eigenvalue weighted by Crippen LogP contribution is -2.01. The molecule has 5 rings (SSSR count). The van der Waals surface area contributed by atoms with Gasteiger partial charge in [0.2, 0.25) is 6.39 Å². The van der Waals surface area contributed by atoms with Gasteiger partial charge in [0.05, 0.1) is 0 Å². The number of nitrogens with zero attached hydrogens (tertiary/aromatic N) is 5. The van der Waals surface area contributed by atoms with E-state index in [0.717, 1.165) is 44.0 Å². The molecule has 0 radical (unpaired) electrons. The lowest BCUT2D eigenvalue weighted by atomic mass is 9.95. The molecule has 0 fully saturated rings. The molecule has 3 heterocycles. The summed E-state index contributed by atoms with van der Waals surface area (Å²) >= 11 is 7.73. The smallest absolute Gasteiger partial charge is 0.213 e. The maximum atomic E-state index is 6.07. The summed E-state index contributed by atoms with van der Waals surface area (Å²) in [4.78, 5) is 14.5. The molecule has 6 nitrogen and oxygen atoms in total. The second-order valence-electron chi connectivity index (χ2n) is 7.10. The molecule has 0 aliphatic heterocycles. The molecule has 1 aliphatic rings. The molecule has 0 saturated heterocycles. The van der Waals surface area contributed by atoms with E-state index in [0.29, 0.717) is 5.82 Å². The molecule has 1 unspecified atom stereocenters. The van der Waals surface area contributed by atoms with E-state index in [1.165, 1.54) is 6.39 Å². The summed E-state index contributed by atoms with van der Waals surface area (Å²) in [5, 5.41) is 5.74. The van der Waals surface area contributed by atoms with E-state index in [1.807, 2.05) is 49.6 Å². The van der Waals surface area contributed by atoms with Gasteiger partial charge < -0.3 is 9.09 Å². The van der Waals surface area contributed by atoms with E-state index in [-0.39, 0.29) is 5.92 Å². The number of aromatic nitrogens is 5. The average Bonchev–Trinajstić information content (AvgIpc) is 3.45. The fourth-order valence-corrected chi connectivity index (χ4v) is 4.59. The Kier molecular flexibility index (Phi) is 5.44. The molecule has 31 heavy (non-hydrogen) atoms. The fourth-order valence-electron chi connectivity index (χ4n) is 3.49. The summed E-state index contributed by atoms with van der Waals surface area (Å²) in [6.45, 7) is 0. The van der Waals surface area contributed by atoms with Crippen LogP contribution in [0, 0.1) is 0 Å². The zero-order valence-electron chi connectivity index (χ0n) is 16.6. The fraction of sp³-hybridized carbons (Fsp3) is 0.130. The van der Waals surface area contributed by atoms with Crippen molar-refractivity contribution >= 4 is 28.9 Å². The topological polar surface area (TPSA) is 69.6 Å². The third kappa shape index (κ3) is 4.06. The normalized spacial score (nSPS) is 15.8. The van der Waals surface area contributed by atoms with Crippen molar-refractivity contribution in [2.75, 3.05) is 0 Å². The predicted octanol–water partition coefficient (Wildman–Crippen LogP) is 5.80. The van der Waals surface area contributed by atoms with Crippen LogP contribution in [0.4, 0.5) is 0 Å². The largest absolute Gasteiger partial charge is 0.343 e. The van der Waals surface area contributed by atoms with Crippen LogP contribution < -0.4 is 0 Å². The first-order chi connectivity index (χ1) is 15.2.